The van der Waals surface area contributed by atoms with Gasteiger partial charge >= 0.3 is 17.8 Å². The zero-order chi connectivity index (χ0) is 23.1. The van der Waals surface area contributed by atoms with E-state index in [1.807, 2.05) is 0 Å². The second-order valence-electron chi connectivity index (χ2n) is 6.45. The molecule has 7 nitrogen and oxygen atoms in total. The van der Waals surface area contributed by atoms with E-state index in [1.165, 1.54) is 12.1 Å². The Labute approximate surface area is 182 Å². The number of nitrogens with zero attached hydrogens (tertiary/aromatic N) is 2. The Bertz CT molecular complexity index is 1280. The van der Waals surface area contributed by atoms with E-state index < -0.39 is 34.3 Å². The van der Waals surface area contributed by atoms with Gasteiger partial charge in [-0.25, -0.2) is 9.36 Å². The molecular formula is C19H16ClF3N2O5S. The van der Waals surface area contributed by atoms with E-state index in [1.54, 1.807) is 13.8 Å². The van der Waals surface area contributed by atoms with Crippen LogP contribution in [0.2, 0.25) is 5.02 Å². The molecular weight excluding hydrogens is 461 g/mol. The number of thioether (sulfide) groups is 1. The predicted molar refractivity (Wildman–Crippen MR) is 109 cm³/mol. The first kappa shape index (κ1) is 23.0. The molecule has 1 unspecified atom stereocenters. The summed E-state index contributed by atoms with van der Waals surface area (Å²) < 4.78 is 50.5. The van der Waals surface area contributed by atoms with Crippen molar-refractivity contribution in [2.75, 3.05) is 6.61 Å². The molecule has 12 heteroatoms. The van der Waals surface area contributed by atoms with Crippen molar-refractivity contribution in [1.82, 2.24) is 9.13 Å². The molecule has 0 fully saturated rings. The van der Waals surface area contributed by atoms with E-state index in [-0.39, 0.29) is 28.3 Å². The molecule has 0 radical (unpaired) electrons. The second-order valence-corrected chi connectivity index (χ2v) is 8.24. The third-order valence-electron chi connectivity index (χ3n) is 4.38. The number of rotatable bonds is 5. The summed E-state index contributed by atoms with van der Waals surface area (Å²) in [4.78, 5) is 37.3. The van der Waals surface area contributed by atoms with Crippen molar-refractivity contribution in [2.45, 2.75) is 30.2 Å². The van der Waals surface area contributed by atoms with Gasteiger partial charge in [0, 0.05) is 29.5 Å². The number of aromatic nitrogens is 2. The molecule has 2 aromatic heterocycles. The number of carbonyl (C=O) groups is 1. The SMILES string of the molecule is CCOC(=O)C(C)Sc1cc2c(-n3c(=O)cc(C(F)(F)F)n(C)c3=O)coc2cc1Cl. The molecule has 166 valence electrons. The molecule has 3 rings (SSSR count). The highest BCUT2D eigenvalue weighted by Gasteiger charge is 2.35. The summed E-state index contributed by atoms with van der Waals surface area (Å²) in [5, 5.41) is -0.0870. The van der Waals surface area contributed by atoms with Crippen LogP contribution in [0.3, 0.4) is 0 Å². The van der Waals surface area contributed by atoms with E-state index in [2.05, 4.69) is 0 Å². The summed E-state index contributed by atoms with van der Waals surface area (Å²) >= 11 is 7.34. The number of furan rings is 1. The van der Waals surface area contributed by atoms with Crippen molar-refractivity contribution in [3.63, 3.8) is 0 Å². The molecule has 0 saturated heterocycles. The van der Waals surface area contributed by atoms with Gasteiger partial charge in [-0.1, -0.05) is 11.6 Å². The number of halogens is 4. The van der Waals surface area contributed by atoms with Gasteiger partial charge in [0.05, 0.1) is 11.6 Å². The minimum Gasteiger partial charge on any atom is -0.465 e. The van der Waals surface area contributed by atoms with E-state index in [0.717, 1.165) is 25.1 Å². The predicted octanol–water partition coefficient (Wildman–Crippen LogP) is 4.00. The first-order valence-corrected chi connectivity index (χ1v) is 10.2. The van der Waals surface area contributed by atoms with Gasteiger partial charge in [-0.3, -0.25) is 14.2 Å². The zero-order valence-corrected chi connectivity index (χ0v) is 18.0. The summed E-state index contributed by atoms with van der Waals surface area (Å²) in [7, 11) is 0.919. The molecule has 0 aliphatic carbocycles. The standard InChI is InChI=1S/C19H16ClF3N2O5S/c1-4-29-17(27)9(2)31-14-5-10-12(8-30-13(10)6-11(14)20)25-16(26)7-15(19(21,22)23)24(3)18(25)28/h5-9H,4H2,1-3H3. The lowest BCUT2D eigenvalue weighted by Gasteiger charge is -2.13. The van der Waals surface area contributed by atoms with Crippen molar-refractivity contribution in [3.05, 3.63) is 56.0 Å². The minimum absolute atomic E-state index is 0.0448. The largest absolute Gasteiger partial charge is 0.465 e. The Hall–Kier alpha value is -2.66. The Morgan fingerprint density at radius 2 is 1.97 bits per heavy atom. The number of ether oxygens (including phenoxy) is 1. The van der Waals surface area contributed by atoms with Gasteiger partial charge in [-0.15, -0.1) is 11.8 Å². The van der Waals surface area contributed by atoms with Gasteiger partial charge in [-0.2, -0.15) is 13.2 Å². The van der Waals surface area contributed by atoms with Crippen molar-refractivity contribution in [1.29, 1.82) is 0 Å². The number of alkyl halides is 3. The summed E-state index contributed by atoms with van der Waals surface area (Å²) in [5.74, 6) is -0.455. The topological polar surface area (TPSA) is 83.4 Å². The number of esters is 1. The van der Waals surface area contributed by atoms with Crippen LogP contribution in [0.25, 0.3) is 16.7 Å². The van der Waals surface area contributed by atoms with Gasteiger partial charge in [-0.05, 0) is 19.9 Å². The van der Waals surface area contributed by atoms with Crippen LogP contribution in [0.5, 0.6) is 0 Å². The average molecular weight is 477 g/mol. The maximum absolute atomic E-state index is 13.1. The van der Waals surface area contributed by atoms with Gasteiger partial charge < -0.3 is 9.15 Å². The van der Waals surface area contributed by atoms with Gasteiger partial charge in [0.2, 0.25) is 0 Å². The molecule has 0 N–H and O–H groups in total. The highest BCUT2D eigenvalue weighted by molar-refractivity contribution is 8.00. The fraction of sp³-hybridized carbons (Fsp3) is 0.316. The highest BCUT2D eigenvalue weighted by Crippen LogP contribution is 2.37. The molecule has 0 aliphatic rings. The van der Waals surface area contributed by atoms with Gasteiger partial charge in [0.15, 0.2) is 0 Å². The lowest BCUT2D eigenvalue weighted by Crippen LogP contribution is -2.40. The monoisotopic (exact) mass is 476 g/mol. The molecule has 1 aromatic carbocycles. The molecule has 3 aromatic rings. The Morgan fingerprint density at radius 1 is 1.29 bits per heavy atom. The van der Waals surface area contributed by atoms with Crippen molar-refractivity contribution < 1.29 is 27.1 Å². The lowest BCUT2D eigenvalue weighted by atomic mass is 10.2. The van der Waals surface area contributed by atoms with Crippen molar-refractivity contribution >= 4 is 40.3 Å². The van der Waals surface area contributed by atoms with Gasteiger partial charge in [0.25, 0.3) is 5.56 Å². The summed E-state index contributed by atoms with van der Waals surface area (Å²) in [6, 6.07) is 3.27. The summed E-state index contributed by atoms with van der Waals surface area (Å²) in [6.45, 7) is 3.51. The fourth-order valence-corrected chi connectivity index (χ4v) is 4.09. The molecule has 2 heterocycles. The van der Waals surface area contributed by atoms with Crippen LogP contribution in [0.4, 0.5) is 13.2 Å². The van der Waals surface area contributed by atoms with Gasteiger partial charge in [0.1, 0.15) is 28.5 Å². The van der Waals surface area contributed by atoms with Crippen LogP contribution in [0.1, 0.15) is 19.5 Å². The molecule has 0 spiro atoms. The number of fused-ring (bicyclic) bond motifs is 1. The number of hydrogen-bond acceptors (Lipinski definition) is 6. The second kappa shape index (κ2) is 8.46. The molecule has 0 bridgehead atoms. The first-order valence-electron chi connectivity index (χ1n) is 8.90. The van der Waals surface area contributed by atoms with Crippen LogP contribution in [0.15, 0.2) is 43.4 Å². The zero-order valence-electron chi connectivity index (χ0n) is 16.4. The van der Waals surface area contributed by atoms with E-state index in [0.29, 0.717) is 20.1 Å². The molecule has 0 amide bonds. The van der Waals surface area contributed by atoms with Crippen LogP contribution in [-0.4, -0.2) is 27.0 Å². The van der Waals surface area contributed by atoms with Crippen molar-refractivity contribution in [3.8, 4) is 5.69 Å². The van der Waals surface area contributed by atoms with Crippen LogP contribution < -0.4 is 11.2 Å². The first-order chi connectivity index (χ1) is 14.5. The fourth-order valence-electron chi connectivity index (χ4n) is 2.90. The lowest BCUT2D eigenvalue weighted by molar-refractivity contribution is -0.144. The Kier molecular flexibility index (Phi) is 6.28. The van der Waals surface area contributed by atoms with Crippen LogP contribution >= 0.6 is 23.4 Å². The Morgan fingerprint density at radius 3 is 2.58 bits per heavy atom. The third kappa shape index (κ3) is 4.38. The molecule has 31 heavy (non-hydrogen) atoms. The summed E-state index contributed by atoms with van der Waals surface area (Å²) in [5.41, 5.74) is -3.55. The maximum Gasteiger partial charge on any atom is 0.431 e. The number of hydrogen-bond donors (Lipinski definition) is 0. The smallest absolute Gasteiger partial charge is 0.431 e. The number of carbonyl (C=O) groups excluding carboxylic acids is 1. The number of benzene rings is 1. The molecule has 1 atom stereocenters. The van der Waals surface area contributed by atoms with E-state index in [9.17, 15) is 27.6 Å². The maximum atomic E-state index is 13.1. The van der Waals surface area contributed by atoms with Crippen molar-refractivity contribution in [2.24, 2.45) is 7.05 Å². The normalized spacial score (nSPS) is 12.9. The average Bonchev–Trinajstić information content (AvgIpc) is 3.06. The van der Waals surface area contributed by atoms with Crippen LogP contribution in [-0.2, 0) is 22.8 Å². The third-order valence-corrected chi connectivity index (χ3v) is 5.94. The highest BCUT2D eigenvalue weighted by atomic mass is 35.5. The van der Waals surface area contributed by atoms with Crippen LogP contribution in [0, 0.1) is 0 Å². The molecule has 0 aliphatic heterocycles. The molecule has 0 saturated carbocycles. The quantitative estimate of drug-likeness (QED) is 0.409. The van der Waals surface area contributed by atoms with E-state index >= 15 is 0 Å². The Balaban J connectivity index is 2.15. The van der Waals surface area contributed by atoms with E-state index in [4.69, 9.17) is 20.8 Å². The summed E-state index contributed by atoms with van der Waals surface area (Å²) in [6.07, 6.45) is -3.79. The minimum atomic E-state index is -4.87.